The zero-order chi connectivity index (χ0) is 30.4. The van der Waals surface area contributed by atoms with E-state index in [2.05, 4.69) is 0 Å². The number of ether oxygens (including phenoxy) is 2. The topological polar surface area (TPSA) is 73.7 Å². The van der Waals surface area contributed by atoms with Crippen molar-refractivity contribution >= 4 is 16.8 Å². The van der Waals surface area contributed by atoms with Crippen LogP contribution in [0.1, 0.15) is 43.8 Å². The highest BCUT2D eigenvalue weighted by atomic mass is 19.4. The molecule has 0 fully saturated rings. The number of alkyl halides is 3. The Hall–Kier alpha value is -4.25. The van der Waals surface area contributed by atoms with E-state index in [1.807, 2.05) is 6.92 Å². The Bertz CT molecular complexity index is 1600. The average molecular weight is 586 g/mol. The summed E-state index contributed by atoms with van der Waals surface area (Å²) in [4.78, 5) is 33.6. The first kappa shape index (κ1) is 30.7. The number of para-hydroxylation sites is 1. The van der Waals surface area contributed by atoms with E-state index in [0.717, 1.165) is 12.1 Å². The van der Waals surface area contributed by atoms with E-state index in [0.29, 0.717) is 41.6 Å². The molecule has 42 heavy (non-hydrogen) atoms. The smallest absolute Gasteiger partial charge is 0.419 e. The van der Waals surface area contributed by atoms with Gasteiger partial charge in [-0.2, -0.15) is 13.2 Å². The van der Waals surface area contributed by atoms with Crippen molar-refractivity contribution in [1.29, 1.82) is 0 Å². The minimum absolute atomic E-state index is 0.0782. The van der Waals surface area contributed by atoms with Crippen molar-refractivity contribution in [2.24, 2.45) is 0 Å². The molecule has 0 bridgehead atoms. The molecule has 0 aliphatic heterocycles. The van der Waals surface area contributed by atoms with Gasteiger partial charge in [0.2, 0.25) is 5.91 Å². The molecule has 1 unspecified atom stereocenters. The van der Waals surface area contributed by atoms with Crippen LogP contribution in [0.3, 0.4) is 0 Å². The van der Waals surface area contributed by atoms with Crippen LogP contribution in [0.5, 0.6) is 5.75 Å². The first-order valence-electron chi connectivity index (χ1n) is 13.5. The van der Waals surface area contributed by atoms with Crippen LogP contribution < -0.4 is 10.3 Å². The minimum atomic E-state index is -4.85. The van der Waals surface area contributed by atoms with Crippen molar-refractivity contribution < 1.29 is 31.8 Å². The molecule has 0 aliphatic carbocycles. The van der Waals surface area contributed by atoms with Gasteiger partial charge in [0, 0.05) is 13.2 Å². The van der Waals surface area contributed by atoms with Gasteiger partial charge in [0.05, 0.1) is 47.8 Å². The second-order valence-corrected chi connectivity index (χ2v) is 9.50. The zero-order valence-electron chi connectivity index (χ0n) is 23.5. The van der Waals surface area contributed by atoms with Crippen LogP contribution in [0.2, 0.25) is 0 Å². The van der Waals surface area contributed by atoms with Gasteiger partial charge >= 0.3 is 6.18 Å². The summed E-state index contributed by atoms with van der Waals surface area (Å²) in [7, 11) is 0. The molecule has 1 atom stereocenters. The molecule has 11 heteroatoms. The molecule has 0 saturated heterocycles. The van der Waals surface area contributed by atoms with Crippen LogP contribution in [0.15, 0.2) is 71.5 Å². The molecule has 4 rings (SSSR count). The Labute approximate surface area is 240 Å². The SMILES string of the molecule is CCOCCN(C(=O)Cc1ccc(C(F)(F)F)c(F)c1)C(C)c1nc2ccccc2c(=O)n1-c1ccc(OCC)cc1. The summed E-state index contributed by atoms with van der Waals surface area (Å²) in [5.74, 6) is -1.06. The van der Waals surface area contributed by atoms with E-state index in [-0.39, 0.29) is 36.5 Å². The molecule has 0 saturated carbocycles. The third kappa shape index (κ3) is 6.79. The Morgan fingerprint density at radius 2 is 1.74 bits per heavy atom. The van der Waals surface area contributed by atoms with Gasteiger partial charge in [-0.25, -0.2) is 9.37 Å². The van der Waals surface area contributed by atoms with Crippen molar-refractivity contribution in [3.05, 3.63) is 99.9 Å². The lowest BCUT2D eigenvalue weighted by Crippen LogP contribution is -2.40. The summed E-state index contributed by atoms with van der Waals surface area (Å²) in [5, 5.41) is 0.384. The fourth-order valence-electron chi connectivity index (χ4n) is 4.69. The molecule has 0 spiro atoms. The summed E-state index contributed by atoms with van der Waals surface area (Å²) < 4.78 is 65.9. The van der Waals surface area contributed by atoms with Gasteiger partial charge in [0.25, 0.3) is 5.56 Å². The molecule has 0 N–H and O–H groups in total. The molecule has 3 aromatic carbocycles. The van der Waals surface area contributed by atoms with E-state index in [4.69, 9.17) is 14.5 Å². The zero-order valence-corrected chi connectivity index (χ0v) is 23.5. The number of amides is 1. The number of hydrogen-bond donors (Lipinski definition) is 0. The number of carbonyl (C=O) groups excluding carboxylic acids is 1. The first-order chi connectivity index (χ1) is 20.0. The lowest BCUT2D eigenvalue weighted by atomic mass is 10.1. The van der Waals surface area contributed by atoms with E-state index in [1.165, 1.54) is 9.47 Å². The second-order valence-electron chi connectivity index (χ2n) is 9.50. The lowest BCUT2D eigenvalue weighted by molar-refractivity contribution is -0.140. The van der Waals surface area contributed by atoms with Crippen molar-refractivity contribution in [2.75, 3.05) is 26.4 Å². The quantitative estimate of drug-likeness (QED) is 0.157. The summed E-state index contributed by atoms with van der Waals surface area (Å²) in [5.41, 5.74) is -0.720. The van der Waals surface area contributed by atoms with Gasteiger partial charge in [0.15, 0.2) is 0 Å². The number of halogens is 4. The number of nitrogens with zero attached hydrogens (tertiary/aromatic N) is 3. The highest BCUT2D eigenvalue weighted by molar-refractivity contribution is 5.80. The fraction of sp³-hybridized carbons (Fsp3) is 0.323. The maximum absolute atomic E-state index is 14.3. The molecule has 1 amide bonds. The molecule has 222 valence electrons. The largest absolute Gasteiger partial charge is 0.494 e. The summed E-state index contributed by atoms with van der Waals surface area (Å²) in [6, 6.07) is 15.4. The number of carbonyl (C=O) groups is 1. The van der Waals surface area contributed by atoms with Crippen molar-refractivity contribution in [1.82, 2.24) is 14.5 Å². The van der Waals surface area contributed by atoms with Crippen molar-refractivity contribution in [3.63, 3.8) is 0 Å². The van der Waals surface area contributed by atoms with Crippen LogP contribution in [0.25, 0.3) is 16.6 Å². The van der Waals surface area contributed by atoms with Gasteiger partial charge in [-0.05, 0) is 74.9 Å². The minimum Gasteiger partial charge on any atom is -0.494 e. The number of benzene rings is 3. The van der Waals surface area contributed by atoms with Crippen LogP contribution in [0.4, 0.5) is 17.6 Å². The predicted molar refractivity (Wildman–Crippen MR) is 150 cm³/mol. The van der Waals surface area contributed by atoms with Gasteiger partial charge in [0.1, 0.15) is 17.4 Å². The summed E-state index contributed by atoms with van der Waals surface area (Å²) in [6.07, 6.45) is -5.22. The van der Waals surface area contributed by atoms with E-state index < -0.39 is 29.5 Å². The van der Waals surface area contributed by atoms with E-state index >= 15 is 0 Å². The van der Waals surface area contributed by atoms with E-state index in [1.54, 1.807) is 62.4 Å². The number of rotatable bonds is 11. The molecule has 4 aromatic rings. The number of aromatic nitrogens is 2. The molecule has 1 aromatic heterocycles. The highest BCUT2D eigenvalue weighted by Crippen LogP contribution is 2.32. The summed E-state index contributed by atoms with van der Waals surface area (Å²) in [6.45, 7) is 6.49. The Morgan fingerprint density at radius 1 is 1.02 bits per heavy atom. The standard InChI is InChI=1S/C31H31F4N3O4/c1-4-41-17-16-37(28(39)19-21-10-15-25(26(32)18-21)31(33,34)35)20(3)29-36-27-9-7-6-8-24(27)30(40)38(29)22-11-13-23(14-12-22)42-5-2/h6-15,18,20H,4-5,16-17,19H2,1-3H3. The monoisotopic (exact) mass is 585 g/mol. The van der Waals surface area contributed by atoms with Crippen LogP contribution in [-0.4, -0.2) is 46.7 Å². The van der Waals surface area contributed by atoms with Gasteiger partial charge in [-0.1, -0.05) is 18.2 Å². The van der Waals surface area contributed by atoms with E-state index in [9.17, 15) is 27.2 Å². The maximum atomic E-state index is 14.3. The molecular weight excluding hydrogens is 554 g/mol. The third-order valence-electron chi connectivity index (χ3n) is 6.74. The van der Waals surface area contributed by atoms with Crippen LogP contribution in [0, 0.1) is 5.82 Å². The molecular formula is C31H31F4N3O4. The highest BCUT2D eigenvalue weighted by Gasteiger charge is 2.34. The Morgan fingerprint density at radius 3 is 2.38 bits per heavy atom. The normalized spacial score (nSPS) is 12.4. The van der Waals surface area contributed by atoms with Gasteiger partial charge in [-0.3, -0.25) is 14.2 Å². The van der Waals surface area contributed by atoms with Crippen molar-refractivity contribution in [2.45, 2.75) is 39.4 Å². The van der Waals surface area contributed by atoms with Gasteiger partial charge < -0.3 is 14.4 Å². The average Bonchev–Trinajstić information content (AvgIpc) is 2.95. The molecule has 0 aliphatic rings. The predicted octanol–water partition coefficient (Wildman–Crippen LogP) is 6.11. The second kappa shape index (κ2) is 13.2. The first-order valence-corrected chi connectivity index (χ1v) is 13.5. The summed E-state index contributed by atoms with van der Waals surface area (Å²) >= 11 is 0. The van der Waals surface area contributed by atoms with Gasteiger partial charge in [-0.15, -0.1) is 0 Å². The van der Waals surface area contributed by atoms with Crippen molar-refractivity contribution in [3.8, 4) is 11.4 Å². The van der Waals surface area contributed by atoms with Crippen LogP contribution >= 0.6 is 0 Å². The third-order valence-corrected chi connectivity index (χ3v) is 6.74. The number of fused-ring (bicyclic) bond motifs is 1. The molecule has 1 heterocycles. The molecule has 0 radical (unpaired) electrons. The lowest BCUT2D eigenvalue weighted by Gasteiger charge is -2.31. The Balaban J connectivity index is 1.77. The Kier molecular flexibility index (Phi) is 9.62. The fourth-order valence-corrected chi connectivity index (χ4v) is 4.69. The maximum Gasteiger partial charge on any atom is 0.419 e. The van der Waals surface area contributed by atoms with Crippen LogP contribution in [-0.2, 0) is 22.1 Å². The molecule has 7 nitrogen and oxygen atoms in total. The number of hydrogen-bond acceptors (Lipinski definition) is 5.